The Kier molecular flexibility index (Phi) is 2.90. The Morgan fingerprint density at radius 2 is 2.06 bits per heavy atom. The number of nitro benzene ring substituents is 1. The topological polar surface area (TPSA) is 85.3 Å². The van der Waals surface area contributed by atoms with Crippen molar-refractivity contribution < 1.29 is 9.55 Å². The second kappa shape index (κ2) is 4.36. The van der Waals surface area contributed by atoms with Gasteiger partial charge in [0.25, 0.3) is 0 Å². The minimum absolute atomic E-state index is 0.0487. The lowest BCUT2D eigenvalue weighted by molar-refractivity contribution is -0.382. The Hall–Kier alpha value is -2.18. The molecule has 0 saturated heterocycles. The second-order valence-electron chi connectivity index (χ2n) is 3.49. The molecule has 0 fully saturated rings. The maximum absolute atomic E-state index is 11.1. The first-order valence-electron chi connectivity index (χ1n) is 5.33. The Morgan fingerprint density at radius 3 is 2.65 bits per heavy atom. The molecule has 0 aliphatic carbocycles. The van der Waals surface area contributed by atoms with Gasteiger partial charge < -0.3 is 4.90 Å². The van der Waals surface area contributed by atoms with Crippen LogP contribution in [0.5, 0.6) is 0 Å². The first-order chi connectivity index (χ1) is 8.19. The molecule has 17 heavy (non-hydrogen) atoms. The highest BCUT2D eigenvalue weighted by Crippen LogP contribution is 2.33. The summed E-state index contributed by atoms with van der Waals surface area (Å²) in [4.78, 5) is 12.6. The monoisotopic (exact) mass is 236 g/mol. The molecule has 0 saturated carbocycles. The Bertz CT molecular complexity index is 547. The van der Waals surface area contributed by atoms with E-state index in [2.05, 4.69) is 14.9 Å². The fourth-order valence-corrected chi connectivity index (χ4v) is 1.83. The average molecular weight is 236 g/mol. The van der Waals surface area contributed by atoms with E-state index >= 15 is 0 Å². The number of hydrogen-bond donors (Lipinski definition) is 0. The van der Waals surface area contributed by atoms with Crippen LogP contribution >= 0.6 is 0 Å². The summed E-state index contributed by atoms with van der Waals surface area (Å²) < 4.78 is 4.53. The van der Waals surface area contributed by atoms with E-state index in [1.54, 1.807) is 12.1 Å². The van der Waals surface area contributed by atoms with Crippen LogP contribution in [-0.2, 0) is 0 Å². The predicted octanol–water partition coefficient (Wildman–Crippen LogP) is 1.98. The number of anilines is 1. The van der Waals surface area contributed by atoms with Crippen LogP contribution in [0.2, 0.25) is 0 Å². The standard InChI is InChI=1S/C10H12N4O3/c1-3-13(4-2)8-6-5-7-9(12-17-11-7)10(8)14(15)16/h5-6H,3-4H2,1-2H3. The molecule has 0 radical (unpaired) electrons. The van der Waals surface area contributed by atoms with Crippen LogP contribution < -0.4 is 4.90 Å². The summed E-state index contributed by atoms with van der Waals surface area (Å²) in [6.07, 6.45) is 0. The van der Waals surface area contributed by atoms with Crippen molar-refractivity contribution in [2.45, 2.75) is 13.8 Å². The largest absolute Gasteiger partial charge is 0.366 e. The number of nitrogens with zero attached hydrogens (tertiary/aromatic N) is 4. The van der Waals surface area contributed by atoms with E-state index in [9.17, 15) is 10.1 Å². The minimum Gasteiger partial charge on any atom is -0.366 e. The molecule has 0 aliphatic rings. The average Bonchev–Trinajstić information content (AvgIpc) is 2.77. The van der Waals surface area contributed by atoms with E-state index in [0.717, 1.165) is 0 Å². The summed E-state index contributed by atoms with van der Waals surface area (Å²) in [5.41, 5.74) is 1.09. The van der Waals surface area contributed by atoms with Crippen molar-refractivity contribution in [1.82, 2.24) is 10.3 Å². The molecule has 2 rings (SSSR count). The van der Waals surface area contributed by atoms with E-state index in [4.69, 9.17) is 0 Å². The van der Waals surface area contributed by atoms with Gasteiger partial charge in [-0.1, -0.05) is 0 Å². The summed E-state index contributed by atoms with van der Waals surface area (Å²) in [5, 5.41) is 18.3. The Labute approximate surface area is 97.1 Å². The molecule has 2 aromatic rings. The molecule has 1 heterocycles. The zero-order valence-electron chi connectivity index (χ0n) is 9.58. The van der Waals surface area contributed by atoms with Crippen molar-refractivity contribution in [2.24, 2.45) is 0 Å². The van der Waals surface area contributed by atoms with Gasteiger partial charge in [-0.05, 0) is 36.3 Å². The summed E-state index contributed by atoms with van der Waals surface area (Å²) in [5.74, 6) is 0. The van der Waals surface area contributed by atoms with Gasteiger partial charge in [-0.15, -0.1) is 0 Å². The fourth-order valence-electron chi connectivity index (χ4n) is 1.83. The first-order valence-corrected chi connectivity index (χ1v) is 5.33. The Balaban J connectivity index is 2.69. The van der Waals surface area contributed by atoms with Crippen molar-refractivity contribution >= 4 is 22.4 Å². The van der Waals surface area contributed by atoms with E-state index in [-0.39, 0.29) is 11.2 Å². The second-order valence-corrected chi connectivity index (χ2v) is 3.49. The zero-order valence-corrected chi connectivity index (χ0v) is 9.58. The molecule has 90 valence electrons. The van der Waals surface area contributed by atoms with Gasteiger partial charge in [0.2, 0.25) is 5.52 Å². The van der Waals surface area contributed by atoms with Crippen LogP contribution in [0.4, 0.5) is 11.4 Å². The molecular formula is C10H12N4O3. The van der Waals surface area contributed by atoms with Crippen LogP contribution in [0.15, 0.2) is 16.8 Å². The molecule has 0 spiro atoms. The van der Waals surface area contributed by atoms with Gasteiger partial charge in [-0.2, -0.15) is 0 Å². The number of hydrogen-bond acceptors (Lipinski definition) is 6. The number of rotatable bonds is 4. The lowest BCUT2D eigenvalue weighted by atomic mass is 10.2. The van der Waals surface area contributed by atoms with Crippen LogP contribution in [0.25, 0.3) is 11.0 Å². The smallest absolute Gasteiger partial charge is 0.323 e. The molecule has 1 aromatic carbocycles. The number of nitro groups is 1. The van der Waals surface area contributed by atoms with Crippen LogP contribution in [-0.4, -0.2) is 28.3 Å². The van der Waals surface area contributed by atoms with E-state index in [0.29, 0.717) is 24.3 Å². The third kappa shape index (κ3) is 1.79. The maximum Gasteiger partial charge on any atom is 0.323 e. The molecule has 0 bridgehead atoms. The van der Waals surface area contributed by atoms with E-state index in [1.165, 1.54) is 0 Å². The third-order valence-electron chi connectivity index (χ3n) is 2.67. The van der Waals surface area contributed by atoms with Gasteiger partial charge in [0.05, 0.1) is 4.92 Å². The molecule has 0 atom stereocenters. The number of aromatic nitrogens is 2. The van der Waals surface area contributed by atoms with E-state index < -0.39 is 4.92 Å². The quantitative estimate of drug-likeness (QED) is 0.596. The zero-order chi connectivity index (χ0) is 12.4. The molecule has 0 unspecified atom stereocenters. The maximum atomic E-state index is 11.1. The summed E-state index contributed by atoms with van der Waals surface area (Å²) >= 11 is 0. The molecule has 0 amide bonds. The fraction of sp³-hybridized carbons (Fsp3) is 0.400. The van der Waals surface area contributed by atoms with E-state index in [1.807, 2.05) is 18.7 Å². The Morgan fingerprint density at radius 1 is 1.35 bits per heavy atom. The minimum atomic E-state index is -0.444. The van der Waals surface area contributed by atoms with Crippen molar-refractivity contribution in [3.8, 4) is 0 Å². The van der Waals surface area contributed by atoms with Crippen molar-refractivity contribution in [3.05, 3.63) is 22.2 Å². The predicted molar refractivity (Wildman–Crippen MR) is 62.0 cm³/mol. The lowest BCUT2D eigenvalue weighted by Gasteiger charge is -2.20. The van der Waals surface area contributed by atoms with Gasteiger partial charge in [0, 0.05) is 13.1 Å². The summed E-state index contributed by atoms with van der Waals surface area (Å²) in [6.45, 7) is 5.26. The van der Waals surface area contributed by atoms with Gasteiger partial charge in [-0.25, -0.2) is 4.63 Å². The van der Waals surface area contributed by atoms with Gasteiger partial charge in [-0.3, -0.25) is 10.1 Å². The number of fused-ring (bicyclic) bond motifs is 1. The van der Waals surface area contributed by atoms with Gasteiger partial charge in [0.15, 0.2) is 0 Å². The first kappa shape index (κ1) is 11.3. The lowest BCUT2D eigenvalue weighted by Crippen LogP contribution is -2.22. The van der Waals surface area contributed by atoms with Gasteiger partial charge >= 0.3 is 5.69 Å². The highest BCUT2D eigenvalue weighted by Gasteiger charge is 2.24. The third-order valence-corrected chi connectivity index (χ3v) is 2.67. The normalized spacial score (nSPS) is 10.7. The van der Waals surface area contributed by atoms with Crippen molar-refractivity contribution in [2.75, 3.05) is 18.0 Å². The summed E-state index contributed by atoms with van der Waals surface area (Å²) in [6, 6.07) is 3.35. The molecular weight excluding hydrogens is 224 g/mol. The highest BCUT2D eigenvalue weighted by atomic mass is 16.6. The van der Waals surface area contributed by atoms with Gasteiger partial charge in [0.1, 0.15) is 11.2 Å². The van der Waals surface area contributed by atoms with Crippen LogP contribution in [0.3, 0.4) is 0 Å². The van der Waals surface area contributed by atoms with Crippen LogP contribution in [0, 0.1) is 10.1 Å². The molecule has 0 N–H and O–H groups in total. The molecule has 0 aliphatic heterocycles. The molecule has 7 heteroatoms. The summed E-state index contributed by atoms with van der Waals surface area (Å²) in [7, 11) is 0. The SMILES string of the molecule is CCN(CC)c1ccc2nonc2c1[N+](=O)[O-]. The molecule has 7 nitrogen and oxygen atoms in total. The number of benzene rings is 1. The van der Waals surface area contributed by atoms with Crippen LogP contribution in [0.1, 0.15) is 13.8 Å². The van der Waals surface area contributed by atoms with Crippen molar-refractivity contribution in [3.63, 3.8) is 0 Å². The highest BCUT2D eigenvalue weighted by molar-refractivity contribution is 5.90. The molecule has 1 aromatic heterocycles. The van der Waals surface area contributed by atoms with Crippen molar-refractivity contribution in [1.29, 1.82) is 0 Å².